The molecular weight excluding hydrogens is 366 g/mol. The van der Waals surface area contributed by atoms with E-state index < -0.39 is 22.6 Å². The molecule has 27 heavy (non-hydrogen) atoms. The van der Waals surface area contributed by atoms with Gasteiger partial charge in [0.1, 0.15) is 28.0 Å². The number of carboxylic acid groups (broad SMARTS) is 1. The van der Waals surface area contributed by atoms with Gasteiger partial charge in [0, 0.05) is 22.9 Å². The molecule has 1 unspecified atom stereocenters. The highest BCUT2D eigenvalue weighted by atomic mass is 32.2. The highest BCUT2D eigenvalue weighted by Gasteiger charge is 2.39. The Hall–Kier alpha value is -2.97. The minimum Gasteiger partial charge on any atom is -0.481 e. The van der Waals surface area contributed by atoms with Crippen LogP contribution in [0, 0.1) is 0 Å². The van der Waals surface area contributed by atoms with Crippen molar-refractivity contribution < 1.29 is 18.8 Å². The highest BCUT2D eigenvalue weighted by Crippen LogP contribution is 2.49. The number of nitrogens with two attached hydrogens (primary N) is 1. The number of aromatic nitrogens is 2. The number of rotatable bonds is 3. The molecule has 4 N–H and O–H groups in total. The van der Waals surface area contributed by atoms with Crippen LogP contribution < -0.4 is 9.88 Å². The fraction of sp³-hybridized carbons (Fsp3) is 0.158. The first-order valence-electron chi connectivity index (χ1n) is 8.19. The maximum Gasteiger partial charge on any atom is 0.352 e. The molecule has 0 spiro atoms. The molecule has 8 heteroatoms. The largest absolute Gasteiger partial charge is 0.481 e. The average Bonchev–Trinajstić information content (AvgIpc) is 3.04. The molecule has 1 aliphatic heterocycles. The van der Waals surface area contributed by atoms with E-state index >= 15 is 0 Å². The molecule has 7 nitrogen and oxygen atoms in total. The number of pyridine rings is 1. The number of nitrogens with zero attached hydrogens (tertiary/aromatic N) is 1. The number of benzene rings is 1. The summed E-state index contributed by atoms with van der Waals surface area (Å²) in [5.74, 6) is -0.512. The van der Waals surface area contributed by atoms with E-state index in [0.29, 0.717) is 27.5 Å². The van der Waals surface area contributed by atoms with E-state index in [0.717, 1.165) is 11.1 Å². The monoisotopic (exact) mass is 383 g/mol. The van der Waals surface area contributed by atoms with Gasteiger partial charge in [0.05, 0.1) is 16.8 Å². The van der Waals surface area contributed by atoms with Crippen molar-refractivity contribution in [3.63, 3.8) is 0 Å². The van der Waals surface area contributed by atoms with E-state index in [1.54, 1.807) is 42.7 Å². The van der Waals surface area contributed by atoms with Crippen molar-refractivity contribution in [2.45, 2.75) is 24.3 Å². The third kappa shape index (κ3) is 2.73. The molecule has 4 rings (SSSR count). The summed E-state index contributed by atoms with van der Waals surface area (Å²) in [4.78, 5) is 19.5. The molecule has 1 aromatic carbocycles. The summed E-state index contributed by atoms with van der Waals surface area (Å²) in [6.07, 6.45) is 3.24. The molecule has 1 atom stereocenters. The van der Waals surface area contributed by atoms with Crippen LogP contribution in [-0.2, 0) is 16.6 Å². The standard InChI is InChI=1S/C19H17N3O4S/c1-19(2)15-14(10-4-3-5-11(8-10)27(20)25)17(18(23)24)22-16(15)12-6-7-21-9-13(12)26-19/h3-9,22H,20H2,1-2H3,(H,23,24). The van der Waals surface area contributed by atoms with Crippen molar-refractivity contribution >= 4 is 17.0 Å². The van der Waals surface area contributed by atoms with Gasteiger partial charge in [0.25, 0.3) is 0 Å². The number of hydrogen-bond acceptors (Lipinski definition) is 4. The van der Waals surface area contributed by atoms with Gasteiger partial charge in [-0.15, -0.1) is 0 Å². The van der Waals surface area contributed by atoms with E-state index in [1.165, 1.54) is 0 Å². The van der Waals surface area contributed by atoms with Crippen molar-refractivity contribution in [2.75, 3.05) is 0 Å². The zero-order chi connectivity index (χ0) is 19.3. The zero-order valence-corrected chi connectivity index (χ0v) is 15.5. The van der Waals surface area contributed by atoms with Gasteiger partial charge < -0.3 is 14.8 Å². The molecule has 0 radical (unpaired) electrons. The van der Waals surface area contributed by atoms with Crippen LogP contribution in [0.25, 0.3) is 22.4 Å². The van der Waals surface area contributed by atoms with E-state index in [2.05, 4.69) is 9.97 Å². The molecule has 0 saturated carbocycles. The van der Waals surface area contributed by atoms with E-state index in [1.807, 2.05) is 13.8 Å². The van der Waals surface area contributed by atoms with Crippen LogP contribution in [0.5, 0.6) is 5.75 Å². The lowest BCUT2D eigenvalue weighted by Gasteiger charge is -2.33. The molecule has 0 saturated heterocycles. The Morgan fingerprint density at radius 2 is 2.11 bits per heavy atom. The minimum atomic E-state index is -1.67. The maximum atomic E-state index is 12.0. The molecule has 3 aromatic rings. The second-order valence-electron chi connectivity index (χ2n) is 6.74. The predicted octanol–water partition coefficient (Wildman–Crippen LogP) is 3.05. The number of ether oxygens (including phenoxy) is 1. The predicted molar refractivity (Wildman–Crippen MR) is 101 cm³/mol. The van der Waals surface area contributed by atoms with Crippen LogP contribution in [0.4, 0.5) is 0 Å². The number of aromatic carboxylic acids is 1. The Morgan fingerprint density at radius 3 is 2.81 bits per heavy atom. The number of carboxylic acids is 1. The first kappa shape index (κ1) is 17.4. The summed E-state index contributed by atoms with van der Waals surface area (Å²) < 4.78 is 17.8. The molecule has 0 aliphatic carbocycles. The molecular formula is C19H17N3O4S. The van der Waals surface area contributed by atoms with E-state index in [4.69, 9.17) is 9.88 Å². The summed E-state index contributed by atoms with van der Waals surface area (Å²) in [5.41, 5.74) is 2.48. The Labute approximate surface area is 157 Å². The van der Waals surface area contributed by atoms with Crippen molar-refractivity contribution in [2.24, 2.45) is 5.14 Å². The molecule has 3 heterocycles. The second kappa shape index (κ2) is 6.04. The SMILES string of the molecule is CC1(C)Oc2cnccc2-c2[nH]c(C(=O)O)c(-c3cccc(S(N)=O)c3)c21. The highest BCUT2D eigenvalue weighted by molar-refractivity contribution is 7.82. The van der Waals surface area contributed by atoms with Crippen LogP contribution in [0.15, 0.2) is 47.6 Å². The number of nitrogens with one attached hydrogen (secondary N) is 1. The average molecular weight is 383 g/mol. The number of fused-ring (bicyclic) bond motifs is 3. The number of H-pyrrole nitrogens is 1. The second-order valence-corrected chi connectivity index (χ2v) is 7.81. The Morgan fingerprint density at radius 1 is 1.33 bits per heavy atom. The topological polar surface area (TPSA) is 118 Å². The van der Waals surface area contributed by atoms with Gasteiger partial charge in [-0.1, -0.05) is 12.1 Å². The van der Waals surface area contributed by atoms with Gasteiger partial charge in [-0.05, 0) is 37.6 Å². The Bertz CT molecular complexity index is 1100. The van der Waals surface area contributed by atoms with Gasteiger partial charge in [-0.25, -0.2) is 14.1 Å². The summed E-state index contributed by atoms with van der Waals surface area (Å²) in [6.45, 7) is 3.74. The first-order chi connectivity index (χ1) is 12.8. The lowest BCUT2D eigenvalue weighted by molar-refractivity contribution is 0.0692. The Kier molecular flexibility index (Phi) is 3.90. The number of carbonyl (C=O) groups is 1. The number of aromatic amines is 1. The van der Waals surface area contributed by atoms with Crippen LogP contribution in [0.2, 0.25) is 0 Å². The summed E-state index contributed by atoms with van der Waals surface area (Å²) in [7, 11) is -1.67. The van der Waals surface area contributed by atoms with Crippen LogP contribution in [0.1, 0.15) is 29.9 Å². The smallest absolute Gasteiger partial charge is 0.352 e. The summed E-state index contributed by atoms with van der Waals surface area (Å²) in [5, 5.41) is 15.3. The van der Waals surface area contributed by atoms with E-state index in [9.17, 15) is 14.1 Å². The lowest BCUT2D eigenvalue weighted by atomic mass is 9.86. The van der Waals surface area contributed by atoms with Crippen LogP contribution in [-0.4, -0.2) is 25.3 Å². The Balaban J connectivity index is 2.07. The normalized spacial score (nSPS) is 15.4. The molecule has 0 amide bonds. The fourth-order valence-corrected chi connectivity index (χ4v) is 3.98. The quantitative estimate of drug-likeness (QED) is 0.642. The van der Waals surface area contributed by atoms with Crippen molar-refractivity contribution in [1.82, 2.24) is 9.97 Å². The van der Waals surface area contributed by atoms with Gasteiger partial charge in [-0.2, -0.15) is 0 Å². The summed E-state index contributed by atoms with van der Waals surface area (Å²) >= 11 is 0. The van der Waals surface area contributed by atoms with Crippen LogP contribution in [0.3, 0.4) is 0 Å². The zero-order valence-electron chi connectivity index (χ0n) is 14.6. The fourth-order valence-electron chi connectivity index (χ4n) is 3.52. The van der Waals surface area contributed by atoms with Crippen LogP contribution >= 0.6 is 0 Å². The maximum absolute atomic E-state index is 12.0. The first-order valence-corrected chi connectivity index (χ1v) is 9.40. The molecule has 138 valence electrons. The van der Waals surface area contributed by atoms with Crippen molar-refractivity contribution in [3.8, 4) is 28.1 Å². The van der Waals surface area contributed by atoms with Gasteiger partial charge in [0.2, 0.25) is 0 Å². The minimum absolute atomic E-state index is 0.0429. The molecule has 0 bridgehead atoms. The lowest BCUT2D eigenvalue weighted by Crippen LogP contribution is -2.29. The van der Waals surface area contributed by atoms with Gasteiger partial charge in [-0.3, -0.25) is 4.98 Å². The summed E-state index contributed by atoms with van der Waals surface area (Å²) in [6, 6.07) is 8.53. The van der Waals surface area contributed by atoms with Crippen molar-refractivity contribution in [3.05, 3.63) is 54.0 Å². The van der Waals surface area contributed by atoms with Gasteiger partial charge >= 0.3 is 5.97 Å². The molecule has 2 aromatic heterocycles. The van der Waals surface area contributed by atoms with Gasteiger partial charge in [0.15, 0.2) is 0 Å². The third-order valence-corrected chi connectivity index (χ3v) is 5.31. The molecule has 1 aliphatic rings. The number of hydrogen-bond donors (Lipinski definition) is 3. The third-order valence-electron chi connectivity index (χ3n) is 4.59. The molecule has 0 fully saturated rings. The van der Waals surface area contributed by atoms with Crippen molar-refractivity contribution in [1.29, 1.82) is 0 Å². The van der Waals surface area contributed by atoms with E-state index in [-0.39, 0.29) is 5.69 Å².